The molecule has 2 N–H and O–H groups in total. The summed E-state index contributed by atoms with van der Waals surface area (Å²) >= 11 is 4.34. The second kappa shape index (κ2) is 11.1. The molecule has 10 heteroatoms. The van der Waals surface area contributed by atoms with Crippen molar-refractivity contribution in [2.24, 2.45) is 0 Å². The first-order chi connectivity index (χ1) is 15.4. The maximum Gasteiger partial charge on any atom is 0.251 e. The van der Waals surface area contributed by atoms with E-state index < -0.39 is 5.82 Å². The average Bonchev–Trinajstić information content (AvgIpc) is 3.15. The second-order valence-corrected chi connectivity index (χ2v) is 8.67. The summed E-state index contributed by atoms with van der Waals surface area (Å²) in [7, 11) is 0. The number of amides is 2. The maximum atomic E-state index is 13.9. The minimum atomic E-state index is -0.529. The molecule has 0 atom stereocenters. The predicted octanol–water partition coefficient (Wildman–Crippen LogP) is 4.33. The molecule has 1 heterocycles. The van der Waals surface area contributed by atoms with Crippen LogP contribution in [0, 0.1) is 12.7 Å². The number of aromatic nitrogens is 3. The fraction of sp³-hybridized carbons (Fsp3) is 0.182. The molecule has 0 saturated heterocycles. The van der Waals surface area contributed by atoms with E-state index in [4.69, 9.17) is 0 Å². The molecule has 0 fully saturated rings. The molecule has 0 bridgehead atoms. The van der Waals surface area contributed by atoms with Crippen molar-refractivity contribution in [1.29, 1.82) is 0 Å². The number of halogens is 2. The molecule has 3 rings (SSSR count). The van der Waals surface area contributed by atoms with Crippen molar-refractivity contribution in [3.8, 4) is 0 Å². The topological polar surface area (TPSA) is 88.9 Å². The summed E-state index contributed by atoms with van der Waals surface area (Å²) in [4.78, 5) is 24.6. The molecular formula is C22H21BrFN5O2S. The van der Waals surface area contributed by atoms with E-state index >= 15 is 0 Å². The molecule has 0 spiro atoms. The highest BCUT2D eigenvalue weighted by molar-refractivity contribution is 9.10. The number of rotatable bonds is 9. The summed E-state index contributed by atoms with van der Waals surface area (Å²) in [6.07, 6.45) is 1.68. The van der Waals surface area contributed by atoms with E-state index in [1.54, 1.807) is 28.8 Å². The number of carbonyl (C=O) groups is 2. The Hall–Kier alpha value is -2.98. The lowest BCUT2D eigenvalue weighted by atomic mass is 10.1. The normalized spacial score (nSPS) is 10.6. The zero-order chi connectivity index (χ0) is 23.1. The quantitative estimate of drug-likeness (QED) is 0.325. The van der Waals surface area contributed by atoms with Crippen molar-refractivity contribution in [1.82, 2.24) is 20.1 Å². The van der Waals surface area contributed by atoms with Crippen LogP contribution in [0.25, 0.3) is 0 Å². The van der Waals surface area contributed by atoms with Gasteiger partial charge < -0.3 is 15.2 Å². The van der Waals surface area contributed by atoms with Gasteiger partial charge in [-0.1, -0.05) is 51.5 Å². The van der Waals surface area contributed by atoms with Crippen molar-refractivity contribution >= 4 is 45.2 Å². The highest BCUT2D eigenvalue weighted by Gasteiger charge is 2.15. The molecule has 0 aliphatic heterocycles. The molecular weight excluding hydrogens is 497 g/mol. The van der Waals surface area contributed by atoms with Crippen LogP contribution in [0.5, 0.6) is 0 Å². The van der Waals surface area contributed by atoms with Crippen LogP contribution in [0.2, 0.25) is 0 Å². The number of thioether (sulfide) groups is 1. The van der Waals surface area contributed by atoms with E-state index in [9.17, 15) is 14.0 Å². The van der Waals surface area contributed by atoms with Gasteiger partial charge in [-0.3, -0.25) is 9.59 Å². The number of carbonyl (C=O) groups excluding carboxylic acids is 2. The predicted molar refractivity (Wildman–Crippen MR) is 126 cm³/mol. The van der Waals surface area contributed by atoms with Crippen LogP contribution < -0.4 is 10.6 Å². The number of nitrogens with zero attached hydrogens (tertiary/aromatic N) is 3. The van der Waals surface area contributed by atoms with Gasteiger partial charge in [-0.15, -0.1) is 16.8 Å². The van der Waals surface area contributed by atoms with Crippen LogP contribution in [-0.4, -0.2) is 32.3 Å². The van der Waals surface area contributed by atoms with Gasteiger partial charge in [-0.2, -0.15) is 0 Å². The second-order valence-electron chi connectivity index (χ2n) is 6.81. The van der Waals surface area contributed by atoms with E-state index in [1.165, 1.54) is 12.1 Å². The monoisotopic (exact) mass is 517 g/mol. The lowest BCUT2D eigenvalue weighted by Gasteiger charge is -2.09. The van der Waals surface area contributed by atoms with Gasteiger partial charge >= 0.3 is 0 Å². The first-order valence-corrected chi connectivity index (χ1v) is 11.4. The molecule has 0 unspecified atom stereocenters. The Bertz CT molecular complexity index is 1130. The fourth-order valence-electron chi connectivity index (χ4n) is 2.74. The first-order valence-electron chi connectivity index (χ1n) is 9.63. The van der Waals surface area contributed by atoms with Gasteiger partial charge in [0.1, 0.15) is 5.82 Å². The fourth-order valence-corrected chi connectivity index (χ4v) is 3.84. The average molecular weight is 518 g/mol. The number of benzene rings is 2. The molecule has 0 saturated carbocycles. The Morgan fingerprint density at radius 1 is 1.22 bits per heavy atom. The van der Waals surface area contributed by atoms with Gasteiger partial charge in [0.2, 0.25) is 5.91 Å². The summed E-state index contributed by atoms with van der Waals surface area (Å²) in [5.41, 5.74) is 1.73. The number of allylic oxidation sites excluding steroid dienone is 1. The van der Waals surface area contributed by atoms with Crippen molar-refractivity contribution in [2.75, 3.05) is 11.1 Å². The Labute approximate surface area is 197 Å². The first kappa shape index (κ1) is 23.7. The van der Waals surface area contributed by atoms with E-state index in [2.05, 4.69) is 43.3 Å². The van der Waals surface area contributed by atoms with Crippen LogP contribution in [0.15, 0.2) is 64.7 Å². The number of hydrogen-bond donors (Lipinski definition) is 2. The van der Waals surface area contributed by atoms with E-state index in [-0.39, 0.29) is 29.8 Å². The summed E-state index contributed by atoms with van der Waals surface area (Å²) in [5, 5.41) is 14.1. The third-order valence-corrected chi connectivity index (χ3v) is 5.82. The molecule has 0 aliphatic carbocycles. The van der Waals surface area contributed by atoms with Crippen molar-refractivity contribution in [2.45, 2.75) is 25.2 Å². The smallest absolute Gasteiger partial charge is 0.251 e. The van der Waals surface area contributed by atoms with Crippen molar-refractivity contribution in [3.05, 3.63) is 82.4 Å². The minimum absolute atomic E-state index is 0.0144. The van der Waals surface area contributed by atoms with E-state index in [0.29, 0.717) is 27.6 Å². The van der Waals surface area contributed by atoms with Crippen LogP contribution in [0.4, 0.5) is 10.1 Å². The van der Waals surface area contributed by atoms with Crippen molar-refractivity contribution < 1.29 is 14.0 Å². The van der Waals surface area contributed by atoms with Crippen LogP contribution in [0.1, 0.15) is 21.7 Å². The van der Waals surface area contributed by atoms with Crippen molar-refractivity contribution in [3.63, 3.8) is 0 Å². The highest BCUT2D eigenvalue weighted by Crippen LogP contribution is 2.21. The Balaban J connectivity index is 1.61. The highest BCUT2D eigenvalue weighted by atomic mass is 79.9. The molecule has 2 amide bonds. The lowest BCUT2D eigenvalue weighted by Crippen LogP contribution is -2.24. The molecule has 166 valence electrons. The molecule has 0 radical (unpaired) electrons. The number of anilines is 1. The van der Waals surface area contributed by atoms with Gasteiger partial charge in [0.05, 0.1) is 18.0 Å². The molecule has 0 aliphatic rings. The number of nitrogens with one attached hydrogen (secondary N) is 2. The van der Waals surface area contributed by atoms with Gasteiger partial charge in [0, 0.05) is 16.6 Å². The van der Waals surface area contributed by atoms with E-state index in [1.807, 2.05) is 19.1 Å². The van der Waals surface area contributed by atoms with Gasteiger partial charge in [-0.05, 0) is 37.3 Å². The van der Waals surface area contributed by atoms with Crippen LogP contribution in [0.3, 0.4) is 0 Å². The SMILES string of the molecule is C=CCn1c(CNC(=O)c2ccc(C)cc2)nnc1SCC(=O)Nc1ccc(Br)cc1F. The molecule has 32 heavy (non-hydrogen) atoms. The van der Waals surface area contributed by atoms with Crippen LogP contribution in [-0.2, 0) is 17.9 Å². The molecule has 1 aromatic heterocycles. The summed E-state index contributed by atoms with van der Waals surface area (Å²) in [6.45, 7) is 6.27. The van der Waals surface area contributed by atoms with Gasteiger partial charge in [0.15, 0.2) is 11.0 Å². The Morgan fingerprint density at radius 2 is 1.97 bits per heavy atom. The third-order valence-electron chi connectivity index (χ3n) is 4.36. The van der Waals surface area contributed by atoms with Gasteiger partial charge in [-0.25, -0.2) is 4.39 Å². The largest absolute Gasteiger partial charge is 0.345 e. The lowest BCUT2D eigenvalue weighted by molar-refractivity contribution is -0.113. The Morgan fingerprint density at radius 3 is 2.66 bits per heavy atom. The zero-order valence-electron chi connectivity index (χ0n) is 17.3. The molecule has 7 nitrogen and oxygen atoms in total. The Kier molecular flexibility index (Phi) is 8.18. The third kappa shape index (κ3) is 6.27. The van der Waals surface area contributed by atoms with E-state index in [0.717, 1.165) is 17.3 Å². The number of hydrogen-bond acceptors (Lipinski definition) is 5. The summed E-state index contributed by atoms with van der Waals surface area (Å²) in [5.74, 6) is -0.575. The number of aryl methyl sites for hydroxylation is 1. The molecule has 2 aromatic carbocycles. The summed E-state index contributed by atoms with van der Waals surface area (Å²) in [6, 6.07) is 11.7. The van der Waals surface area contributed by atoms with Crippen LogP contribution >= 0.6 is 27.7 Å². The standard InChI is InChI=1S/C22H21BrFN5O2S/c1-3-10-29-19(12-25-21(31)15-6-4-14(2)5-7-15)27-28-22(29)32-13-20(30)26-18-9-8-16(23)11-17(18)24/h3-9,11H,1,10,12-13H2,2H3,(H,25,31)(H,26,30). The zero-order valence-corrected chi connectivity index (χ0v) is 19.7. The minimum Gasteiger partial charge on any atom is -0.345 e. The summed E-state index contributed by atoms with van der Waals surface area (Å²) < 4.78 is 16.3. The molecule has 3 aromatic rings. The maximum absolute atomic E-state index is 13.9. The van der Waals surface area contributed by atoms with Gasteiger partial charge in [0.25, 0.3) is 5.91 Å².